The van der Waals surface area contributed by atoms with Gasteiger partial charge in [-0.2, -0.15) is 10.4 Å². The van der Waals surface area contributed by atoms with Crippen molar-refractivity contribution < 1.29 is 52.4 Å². The van der Waals surface area contributed by atoms with Crippen LogP contribution in [0.25, 0.3) is 5.52 Å². The Morgan fingerprint density at radius 3 is 2.05 bits per heavy atom. The number of nitrogen functional groups attached to an aromatic ring is 1. The van der Waals surface area contributed by atoms with E-state index in [0.29, 0.717) is 17.8 Å². The van der Waals surface area contributed by atoms with Crippen LogP contribution in [0.1, 0.15) is 128 Å². The minimum Gasteiger partial charge on any atom is -0.495 e. The molecule has 7 atom stereocenters. The number of fused-ring (bicyclic) bond motifs is 2. The number of nitriles is 1. The molecule has 2 aliphatic rings. The minimum atomic E-state index is -4.86. The summed E-state index contributed by atoms with van der Waals surface area (Å²) in [5, 5.41) is 36.6. The number of aromatic nitrogens is 3. The Morgan fingerprint density at radius 1 is 0.949 bits per heavy atom. The van der Waals surface area contributed by atoms with Crippen LogP contribution >= 0.6 is 7.82 Å². The number of hydrogen-bond acceptors (Lipinski definition) is 14. The molecule has 2 fully saturated rings. The second-order valence-electron chi connectivity index (χ2n) is 15.8. The summed E-state index contributed by atoms with van der Waals surface area (Å²) in [6.45, 7) is 3.83. The van der Waals surface area contributed by atoms with Crippen molar-refractivity contribution in [1.82, 2.24) is 14.6 Å². The highest BCUT2D eigenvalue weighted by atomic mass is 31.2. The average Bonchev–Trinajstić information content (AvgIpc) is 3.46. The van der Waals surface area contributed by atoms with E-state index in [-0.39, 0.29) is 35.2 Å². The van der Waals surface area contributed by atoms with E-state index < -0.39 is 50.0 Å². The van der Waals surface area contributed by atoms with E-state index in [1.54, 1.807) is 19.1 Å². The van der Waals surface area contributed by atoms with Crippen molar-refractivity contribution in [3.63, 3.8) is 0 Å². The molecule has 16 nitrogen and oxygen atoms in total. The summed E-state index contributed by atoms with van der Waals surface area (Å²) in [5.41, 5.74) is 3.55. The van der Waals surface area contributed by atoms with Gasteiger partial charge in [0.15, 0.2) is 11.4 Å². The Kier molecular flexibility index (Phi) is 17.2. The molecule has 0 amide bonds. The monoisotopic (exact) mass is 845 g/mol. The molecule has 1 aromatic carbocycles. The molecule has 17 heteroatoms. The molecule has 328 valence electrons. The van der Waals surface area contributed by atoms with Crippen LogP contribution in [0.3, 0.4) is 0 Å². The summed E-state index contributed by atoms with van der Waals surface area (Å²) in [7, 11) is -2.03. The number of nitrogens with zero attached hydrogens (tertiary/aromatic N) is 4. The lowest BCUT2D eigenvalue weighted by atomic mass is 9.91. The molecule has 3 aromatic rings. The van der Waals surface area contributed by atoms with E-state index >= 15 is 0 Å². The van der Waals surface area contributed by atoms with Gasteiger partial charge in [0.1, 0.15) is 70.7 Å². The molecule has 5 rings (SSSR count). The van der Waals surface area contributed by atoms with Crippen LogP contribution < -0.4 is 19.9 Å². The van der Waals surface area contributed by atoms with Crippen LogP contribution in [0.15, 0.2) is 30.6 Å². The second-order valence-corrected chi connectivity index (χ2v) is 17.2. The van der Waals surface area contributed by atoms with E-state index in [4.69, 9.17) is 38.5 Å². The lowest BCUT2D eigenvalue weighted by Gasteiger charge is -2.32. The predicted octanol–water partition coefficient (Wildman–Crippen LogP) is 7.15. The number of ether oxygens (including phenoxy) is 5. The normalized spacial score (nSPS) is 23.7. The maximum atomic E-state index is 13.3. The standard InChI is InChI=1S/C42H64N5O11P/c1-5-6-7-8-9-10-11-12-13-14-15-16-17-18-19-20-23-54-27-31(56-30-24-34(52-3)32(26-43)35(25-30)53-4)28-55-59(50,51)58-38-37-42(38,49)40(48)41(2,57-37)36-22-21-33-39(44)45-29-46-47(33)36/h21-22,24-25,29,31,37-38,40,48-49H,5-20,23,27-28H2,1-4H3,(H,50,51)(H2,44,45,46)/t31-,37-,38?,40+,41+,42+/m1/s1. The molecule has 1 aliphatic heterocycles. The van der Waals surface area contributed by atoms with Crippen LogP contribution in [0, 0.1) is 11.3 Å². The van der Waals surface area contributed by atoms with Crippen molar-refractivity contribution in [2.24, 2.45) is 0 Å². The third-order valence-electron chi connectivity index (χ3n) is 11.4. The van der Waals surface area contributed by atoms with Gasteiger partial charge >= 0.3 is 7.82 Å². The van der Waals surface area contributed by atoms with E-state index in [0.717, 1.165) is 19.3 Å². The summed E-state index contributed by atoms with van der Waals surface area (Å²) in [4.78, 5) is 14.8. The van der Waals surface area contributed by atoms with Crippen molar-refractivity contribution >= 4 is 19.2 Å². The number of benzene rings is 1. The summed E-state index contributed by atoms with van der Waals surface area (Å²) in [6, 6.07) is 8.37. The molecule has 0 radical (unpaired) electrons. The molecule has 5 N–H and O–H groups in total. The van der Waals surface area contributed by atoms with Crippen molar-refractivity contribution in [3.8, 4) is 23.3 Å². The summed E-state index contributed by atoms with van der Waals surface area (Å²) in [5.74, 6) is 0.902. The van der Waals surface area contributed by atoms with Crippen LogP contribution in [-0.4, -0.2) is 93.8 Å². The number of nitrogens with two attached hydrogens (primary N) is 1. The maximum Gasteiger partial charge on any atom is 0.472 e. The first-order chi connectivity index (χ1) is 28.4. The number of aliphatic hydroxyl groups is 2. The number of methoxy groups -OCH3 is 2. The quantitative estimate of drug-likeness (QED) is 0.0402. The van der Waals surface area contributed by atoms with Crippen LogP contribution in [0.5, 0.6) is 17.2 Å². The SMILES string of the molecule is CCCCCCCCCCCCCCCCCCOC[C@H](COP(=O)(O)OC1[C@H]2O[C@@](C)(c3ccc4c(N)ncnn34)[C@H](O)[C@@]12O)Oc1cc(OC)c(C#N)c(OC)c1. The fourth-order valence-electron chi connectivity index (χ4n) is 7.93. The third kappa shape index (κ3) is 11.7. The maximum absolute atomic E-state index is 13.3. The van der Waals surface area contributed by atoms with Gasteiger partial charge < -0.3 is 44.5 Å². The number of phosphoric ester groups is 1. The molecule has 1 saturated carbocycles. The van der Waals surface area contributed by atoms with Crippen molar-refractivity contribution in [3.05, 3.63) is 41.9 Å². The Balaban J connectivity index is 1.08. The van der Waals surface area contributed by atoms with Crippen LogP contribution in [0.4, 0.5) is 5.82 Å². The molecule has 1 saturated heterocycles. The molecule has 3 heterocycles. The van der Waals surface area contributed by atoms with Gasteiger partial charge in [0.25, 0.3) is 0 Å². The zero-order chi connectivity index (χ0) is 42.5. The smallest absolute Gasteiger partial charge is 0.472 e. The van der Waals surface area contributed by atoms with E-state index in [1.165, 1.54) is 121 Å². The fraction of sp³-hybridized carbons (Fsp3) is 0.690. The number of unbranched alkanes of at least 4 members (excludes halogenated alkanes) is 15. The molecule has 1 aliphatic carbocycles. The van der Waals surface area contributed by atoms with Gasteiger partial charge in [-0.25, -0.2) is 14.1 Å². The summed E-state index contributed by atoms with van der Waals surface area (Å²) >= 11 is 0. The highest BCUT2D eigenvalue weighted by Gasteiger charge is 2.82. The molecule has 2 unspecified atom stereocenters. The molecule has 0 bridgehead atoms. The van der Waals surface area contributed by atoms with Crippen molar-refractivity contribution in [2.45, 2.75) is 152 Å². The van der Waals surface area contributed by atoms with Gasteiger partial charge in [0.05, 0.1) is 33.1 Å². The van der Waals surface area contributed by atoms with Crippen molar-refractivity contribution in [2.75, 3.05) is 39.8 Å². The lowest BCUT2D eigenvalue weighted by molar-refractivity contribution is -0.126. The van der Waals surface area contributed by atoms with Gasteiger partial charge in [0, 0.05) is 18.7 Å². The number of anilines is 1. The van der Waals surface area contributed by atoms with Crippen LogP contribution in [-0.2, 0) is 28.7 Å². The Morgan fingerprint density at radius 2 is 1.53 bits per heavy atom. The van der Waals surface area contributed by atoms with Gasteiger partial charge in [-0.15, -0.1) is 0 Å². The highest BCUT2D eigenvalue weighted by molar-refractivity contribution is 7.47. The first kappa shape index (κ1) is 46.5. The lowest BCUT2D eigenvalue weighted by Crippen LogP contribution is -2.46. The Hall–Kier alpha value is -3.52. The van der Waals surface area contributed by atoms with Gasteiger partial charge in [-0.1, -0.05) is 103 Å². The summed E-state index contributed by atoms with van der Waals surface area (Å²) < 4.78 is 54.4. The number of hydrogen-bond donors (Lipinski definition) is 4. The predicted molar refractivity (Wildman–Crippen MR) is 220 cm³/mol. The van der Waals surface area contributed by atoms with Crippen molar-refractivity contribution in [1.29, 1.82) is 5.26 Å². The van der Waals surface area contributed by atoms with Gasteiger partial charge in [-0.3, -0.25) is 9.05 Å². The van der Waals surface area contributed by atoms with Crippen LogP contribution in [0.2, 0.25) is 0 Å². The first-order valence-electron chi connectivity index (χ1n) is 21.2. The topological polar surface area (TPSA) is 222 Å². The van der Waals surface area contributed by atoms with E-state index in [1.807, 2.05) is 6.07 Å². The van der Waals surface area contributed by atoms with Gasteiger partial charge in [0.2, 0.25) is 0 Å². The molecular formula is C42H64N5O11P. The zero-order valence-electron chi connectivity index (χ0n) is 35.1. The molecule has 0 spiro atoms. The number of phosphoric acid groups is 1. The highest BCUT2D eigenvalue weighted by Crippen LogP contribution is 2.63. The Bertz CT molecular complexity index is 1850. The number of rotatable bonds is 29. The Labute approximate surface area is 347 Å². The molecular weight excluding hydrogens is 781 g/mol. The third-order valence-corrected chi connectivity index (χ3v) is 12.4. The molecule has 59 heavy (non-hydrogen) atoms. The largest absolute Gasteiger partial charge is 0.495 e. The second kappa shape index (κ2) is 21.8. The zero-order valence-corrected chi connectivity index (χ0v) is 35.9. The minimum absolute atomic E-state index is 0.00111. The average molecular weight is 846 g/mol. The van der Waals surface area contributed by atoms with E-state index in [2.05, 4.69) is 17.0 Å². The first-order valence-corrected chi connectivity index (χ1v) is 22.7. The molecule has 2 aromatic heterocycles. The van der Waals surface area contributed by atoms with Gasteiger partial charge in [-0.05, 0) is 25.5 Å². The number of aliphatic hydroxyl groups excluding tert-OH is 1. The summed E-state index contributed by atoms with van der Waals surface area (Å²) in [6.07, 6.45) is 16.5. The van der Waals surface area contributed by atoms with E-state index in [9.17, 15) is 24.9 Å². The fourth-order valence-corrected chi connectivity index (χ4v) is 8.91.